The predicted molar refractivity (Wildman–Crippen MR) is 72.1 cm³/mol. The summed E-state index contributed by atoms with van der Waals surface area (Å²) in [5.74, 6) is 0.528. The Morgan fingerprint density at radius 1 is 1.29 bits per heavy atom. The number of hydrogen-bond donors (Lipinski definition) is 1. The number of nitrogens with zero attached hydrogens (tertiary/aromatic N) is 2. The fourth-order valence-corrected chi connectivity index (χ4v) is 1.88. The van der Waals surface area contributed by atoms with E-state index in [1.807, 2.05) is 6.92 Å². The van der Waals surface area contributed by atoms with Gasteiger partial charge in [0.1, 0.15) is 5.75 Å². The van der Waals surface area contributed by atoms with Crippen LogP contribution in [0.2, 0.25) is 0 Å². The van der Waals surface area contributed by atoms with Gasteiger partial charge in [0.05, 0.1) is 18.0 Å². The van der Waals surface area contributed by atoms with Crippen LogP contribution in [0.15, 0.2) is 30.6 Å². The van der Waals surface area contributed by atoms with Crippen molar-refractivity contribution in [3.8, 4) is 11.5 Å². The van der Waals surface area contributed by atoms with Gasteiger partial charge in [0, 0.05) is 13.6 Å². The van der Waals surface area contributed by atoms with E-state index >= 15 is 0 Å². The van der Waals surface area contributed by atoms with Crippen molar-refractivity contribution in [2.24, 2.45) is 7.05 Å². The molecule has 0 amide bonds. The van der Waals surface area contributed by atoms with Gasteiger partial charge in [-0.1, -0.05) is 13.0 Å². The first-order valence-electron chi connectivity index (χ1n) is 6.47. The SMILES string of the molecule is CCNCc1ccc(Oc2cnn(C)c2)cc1C(F)(F)F. The molecule has 21 heavy (non-hydrogen) atoms. The minimum Gasteiger partial charge on any atom is -0.454 e. The van der Waals surface area contributed by atoms with Crippen LogP contribution in [0.4, 0.5) is 13.2 Å². The molecule has 0 unspecified atom stereocenters. The second-order valence-corrected chi connectivity index (χ2v) is 4.55. The smallest absolute Gasteiger partial charge is 0.416 e. The lowest BCUT2D eigenvalue weighted by molar-refractivity contribution is -0.138. The van der Waals surface area contributed by atoms with Crippen LogP contribution >= 0.6 is 0 Å². The topological polar surface area (TPSA) is 39.1 Å². The quantitative estimate of drug-likeness (QED) is 0.920. The number of alkyl halides is 3. The fourth-order valence-electron chi connectivity index (χ4n) is 1.88. The van der Waals surface area contributed by atoms with Gasteiger partial charge < -0.3 is 10.1 Å². The van der Waals surface area contributed by atoms with Crippen LogP contribution in [0, 0.1) is 0 Å². The molecule has 2 rings (SSSR count). The molecular weight excluding hydrogens is 283 g/mol. The third-order valence-electron chi connectivity index (χ3n) is 2.87. The number of ether oxygens (including phenoxy) is 1. The molecule has 7 heteroatoms. The summed E-state index contributed by atoms with van der Waals surface area (Å²) in [5, 5.41) is 6.80. The monoisotopic (exact) mass is 299 g/mol. The molecule has 0 aliphatic heterocycles. The molecule has 0 fully saturated rings. The summed E-state index contributed by atoms with van der Waals surface area (Å²) in [6.07, 6.45) is -1.39. The van der Waals surface area contributed by atoms with E-state index in [2.05, 4.69) is 10.4 Å². The van der Waals surface area contributed by atoms with Crippen molar-refractivity contribution in [1.82, 2.24) is 15.1 Å². The van der Waals surface area contributed by atoms with Crippen molar-refractivity contribution in [2.45, 2.75) is 19.6 Å². The molecule has 0 aliphatic carbocycles. The Kier molecular flexibility index (Phi) is 4.52. The van der Waals surface area contributed by atoms with Crippen LogP contribution < -0.4 is 10.1 Å². The maximum atomic E-state index is 13.1. The number of benzene rings is 1. The molecule has 0 bridgehead atoms. The minimum atomic E-state index is -4.42. The van der Waals surface area contributed by atoms with E-state index in [9.17, 15) is 13.2 Å². The van der Waals surface area contributed by atoms with Gasteiger partial charge in [-0.15, -0.1) is 0 Å². The van der Waals surface area contributed by atoms with E-state index in [-0.39, 0.29) is 17.9 Å². The van der Waals surface area contributed by atoms with E-state index in [1.165, 1.54) is 23.0 Å². The second-order valence-electron chi connectivity index (χ2n) is 4.55. The Hall–Kier alpha value is -2.02. The molecule has 0 saturated carbocycles. The average molecular weight is 299 g/mol. The van der Waals surface area contributed by atoms with E-state index in [0.717, 1.165) is 6.07 Å². The molecular formula is C14H16F3N3O. The van der Waals surface area contributed by atoms with Crippen LogP contribution in [0.1, 0.15) is 18.1 Å². The highest BCUT2D eigenvalue weighted by molar-refractivity contribution is 5.39. The molecule has 0 spiro atoms. The maximum Gasteiger partial charge on any atom is 0.416 e. The van der Waals surface area contributed by atoms with Crippen molar-refractivity contribution in [3.05, 3.63) is 41.7 Å². The van der Waals surface area contributed by atoms with Crippen LogP contribution in [-0.4, -0.2) is 16.3 Å². The minimum absolute atomic E-state index is 0.135. The Morgan fingerprint density at radius 3 is 2.62 bits per heavy atom. The van der Waals surface area contributed by atoms with Crippen LogP contribution in [-0.2, 0) is 19.8 Å². The molecule has 4 nitrogen and oxygen atoms in total. The van der Waals surface area contributed by atoms with Gasteiger partial charge in [-0.2, -0.15) is 18.3 Å². The standard InChI is InChI=1S/C14H16F3N3O/c1-3-18-7-10-4-5-11(6-13(10)14(15,16)17)21-12-8-19-20(2)9-12/h4-6,8-9,18H,3,7H2,1-2H3. The largest absolute Gasteiger partial charge is 0.454 e. The third kappa shape index (κ3) is 3.98. The zero-order valence-corrected chi connectivity index (χ0v) is 11.7. The van der Waals surface area contributed by atoms with Crippen LogP contribution in [0.5, 0.6) is 11.5 Å². The lowest BCUT2D eigenvalue weighted by atomic mass is 10.1. The first-order valence-corrected chi connectivity index (χ1v) is 6.47. The molecule has 0 saturated heterocycles. The zero-order chi connectivity index (χ0) is 15.5. The molecule has 114 valence electrons. The Bertz CT molecular complexity index is 608. The normalized spacial score (nSPS) is 11.7. The van der Waals surface area contributed by atoms with E-state index in [0.29, 0.717) is 12.3 Å². The third-order valence-corrected chi connectivity index (χ3v) is 2.87. The lowest BCUT2D eigenvalue weighted by Crippen LogP contribution is -2.17. The highest BCUT2D eigenvalue weighted by Crippen LogP contribution is 2.35. The van der Waals surface area contributed by atoms with Gasteiger partial charge in [0.25, 0.3) is 0 Å². The van der Waals surface area contributed by atoms with Gasteiger partial charge >= 0.3 is 6.18 Å². The number of hydrogen-bond acceptors (Lipinski definition) is 3. The van der Waals surface area contributed by atoms with E-state index < -0.39 is 11.7 Å². The summed E-state index contributed by atoms with van der Waals surface area (Å²) in [6.45, 7) is 2.61. The molecule has 2 aromatic rings. The molecule has 1 heterocycles. The Balaban J connectivity index is 2.28. The predicted octanol–water partition coefficient (Wildman–Crippen LogP) is 3.34. The lowest BCUT2D eigenvalue weighted by Gasteiger charge is -2.14. The highest BCUT2D eigenvalue weighted by Gasteiger charge is 2.33. The summed E-state index contributed by atoms with van der Waals surface area (Å²) < 4.78 is 46.2. The number of halogens is 3. The summed E-state index contributed by atoms with van der Waals surface area (Å²) in [7, 11) is 1.70. The molecule has 0 atom stereocenters. The summed E-state index contributed by atoms with van der Waals surface area (Å²) in [4.78, 5) is 0. The second kappa shape index (κ2) is 6.17. The number of aryl methyl sites for hydroxylation is 1. The number of rotatable bonds is 5. The molecule has 1 aromatic carbocycles. The summed E-state index contributed by atoms with van der Waals surface area (Å²) in [5.41, 5.74) is -0.493. The zero-order valence-electron chi connectivity index (χ0n) is 11.7. The van der Waals surface area contributed by atoms with Crippen molar-refractivity contribution < 1.29 is 17.9 Å². The fraction of sp³-hybridized carbons (Fsp3) is 0.357. The molecule has 0 radical (unpaired) electrons. The summed E-state index contributed by atoms with van der Waals surface area (Å²) >= 11 is 0. The summed E-state index contributed by atoms with van der Waals surface area (Å²) in [6, 6.07) is 3.96. The van der Waals surface area contributed by atoms with Gasteiger partial charge in [0.2, 0.25) is 0 Å². The Labute approximate surface area is 120 Å². The number of aromatic nitrogens is 2. The molecule has 1 aromatic heterocycles. The first kappa shape index (κ1) is 15.4. The Morgan fingerprint density at radius 2 is 2.05 bits per heavy atom. The number of nitrogens with one attached hydrogen (secondary N) is 1. The molecule has 0 aliphatic rings. The van der Waals surface area contributed by atoms with Crippen molar-refractivity contribution >= 4 is 0 Å². The van der Waals surface area contributed by atoms with E-state index in [1.54, 1.807) is 13.2 Å². The molecule has 1 N–H and O–H groups in total. The van der Waals surface area contributed by atoms with Gasteiger partial charge in [-0.3, -0.25) is 4.68 Å². The van der Waals surface area contributed by atoms with Gasteiger partial charge in [0.15, 0.2) is 5.75 Å². The van der Waals surface area contributed by atoms with Crippen LogP contribution in [0.25, 0.3) is 0 Å². The van der Waals surface area contributed by atoms with E-state index in [4.69, 9.17) is 4.74 Å². The van der Waals surface area contributed by atoms with Crippen molar-refractivity contribution in [1.29, 1.82) is 0 Å². The van der Waals surface area contributed by atoms with Crippen molar-refractivity contribution in [2.75, 3.05) is 6.54 Å². The first-order chi connectivity index (χ1) is 9.90. The average Bonchev–Trinajstić information content (AvgIpc) is 2.81. The van der Waals surface area contributed by atoms with Gasteiger partial charge in [-0.05, 0) is 24.2 Å². The highest BCUT2D eigenvalue weighted by atomic mass is 19.4. The van der Waals surface area contributed by atoms with Crippen LogP contribution in [0.3, 0.4) is 0 Å². The van der Waals surface area contributed by atoms with Gasteiger partial charge in [-0.25, -0.2) is 0 Å². The van der Waals surface area contributed by atoms with Crippen molar-refractivity contribution in [3.63, 3.8) is 0 Å². The maximum absolute atomic E-state index is 13.1.